The Morgan fingerprint density at radius 3 is 2.31 bits per heavy atom. The van der Waals surface area contributed by atoms with Gasteiger partial charge in [0.1, 0.15) is 0 Å². The van der Waals surface area contributed by atoms with E-state index in [4.69, 9.17) is 5.73 Å². The molecule has 0 spiro atoms. The quantitative estimate of drug-likeness (QED) is 0.720. The van der Waals surface area contributed by atoms with E-state index in [-0.39, 0.29) is 0 Å². The maximum Gasteiger partial charge on any atom is 0.327 e. The summed E-state index contributed by atoms with van der Waals surface area (Å²) in [5.74, 6) is 0. The van der Waals surface area contributed by atoms with Crippen LogP contribution in [0, 0.1) is 0 Å². The average Bonchev–Trinajstić information content (AvgIpc) is 2.16. The summed E-state index contributed by atoms with van der Waals surface area (Å²) in [7, 11) is -3.93. The predicted octanol–water partition coefficient (Wildman–Crippen LogP) is 0.574. The average molecular weight is 243 g/mol. The highest BCUT2D eigenvalue weighted by atomic mass is 32.2. The van der Waals surface area contributed by atoms with Crippen LogP contribution in [-0.2, 0) is 16.6 Å². The lowest BCUT2D eigenvalue weighted by atomic mass is 10.2. The molecule has 4 N–H and O–H groups in total. The summed E-state index contributed by atoms with van der Waals surface area (Å²) in [5.41, 5.74) is 6.16. The van der Waals surface area contributed by atoms with Crippen molar-refractivity contribution in [3.05, 3.63) is 29.8 Å². The summed E-state index contributed by atoms with van der Waals surface area (Å²) in [4.78, 5) is 10.4. The van der Waals surface area contributed by atoms with E-state index in [0.717, 1.165) is 12.0 Å². The fourth-order valence-corrected chi connectivity index (χ4v) is 1.88. The van der Waals surface area contributed by atoms with Crippen molar-refractivity contribution >= 4 is 21.9 Å². The number of nitrogens with two attached hydrogens (primary N) is 1. The Bertz CT molecular complexity index is 467. The number of urea groups is 1. The molecule has 0 aromatic heterocycles. The maximum atomic E-state index is 11.2. The molecule has 6 nitrogen and oxygen atoms in total. The zero-order valence-electron chi connectivity index (χ0n) is 8.73. The molecule has 0 saturated heterocycles. The fourth-order valence-electron chi connectivity index (χ4n) is 1.12. The number of carbonyl (C=O) groups excluding carboxylic acids is 1. The smallest absolute Gasteiger partial charge is 0.327 e. The minimum absolute atomic E-state index is 0.367. The number of aryl methyl sites for hydroxylation is 1. The van der Waals surface area contributed by atoms with Gasteiger partial charge in [0.05, 0.1) is 5.69 Å². The summed E-state index contributed by atoms with van der Waals surface area (Å²) in [5, 5.41) is 0. The Balaban J connectivity index is 2.76. The van der Waals surface area contributed by atoms with E-state index >= 15 is 0 Å². The van der Waals surface area contributed by atoms with Crippen molar-refractivity contribution < 1.29 is 13.2 Å². The molecule has 2 amide bonds. The molecule has 0 heterocycles. The molecule has 0 radical (unpaired) electrons. The van der Waals surface area contributed by atoms with Gasteiger partial charge in [-0.25, -0.2) is 9.52 Å². The van der Waals surface area contributed by atoms with Crippen LogP contribution < -0.4 is 15.2 Å². The van der Waals surface area contributed by atoms with Crippen molar-refractivity contribution in [1.29, 1.82) is 0 Å². The first-order chi connectivity index (χ1) is 7.43. The topological polar surface area (TPSA) is 101 Å². The Hall–Kier alpha value is -1.76. The van der Waals surface area contributed by atoms with Crippen molar-refractivity contribution in [2.24, 2.45) is 5.73 Å². The van der Waals surface area contributed by atoms with Crippen molar-refractivity contribution in [3.63, 3.8) is 0 Å². The summed E-state index contributed by atoms with van der Waals surface area (Å²) in [6, 6.07) is 5.68. The number of nitrogens with one attached hydrogen (secondary N) is 2. The summed E-state index contributed by atoms with van der Waals surface area (Å²) >= 11 is 0. The minimum atomic E-state index is -3.93. The zero-order chi connectivity index (χ0) is 12.2. The Labute approximate surface area is 94.0 Å². The number of rotatable bonds is 4. The third-order valence-corrected chi connectivity index (χ3v) is 2.82. The van der Waals surface area contributed by atoms with Crippen LogP contribution >= 0.6 is 0 Å². The second kappa shape index (κ2) is 4.84. The van der Waals surface area contributed by atoms with E-state index in [1.54, 1.807) is 29.0 Å². The molecule has 1 aromatic carbocycles. The first-order valence-electron chi connectivity index (χ1n) is 4.62. The molecule has 0 fully saturated rings. The molecule has 0 saturated carbocycles. The number of benzene rings is 1. The highest BCUT2D eigenvalue weighted by Crippen LogP contribution is 2.10. The zero-order valence-corrected chi connectivity index (χ0v) is 9.54. The first kappa shape index (κ1) is 12.3. The molecule has 1 rings (SSSR count). The van der Waals surface area contributed by atoms with Gasteiger partial charge < -0.3 is 5.73 Å². The lowest BCUT2D eigenvalue weighted by Crippen LogP contribution is -2.38. The number of hydrogen-bond acceptors (Lipinski definition) is 3. The second-order valence-electron chi connectivity index (χ2n) is 3.12. The molecule has 0 aliphatic carbocycles. The molecule has 0 bridgehead atoms. The Morgan fingerprint density at radius 1 is 1.31 bits per heavy atom. The van der Waals surface area contributed by atoms with Gasteiger partial charge in [-0.3, -0.25) is 4.72 Å². The first-order valence-corrected chi connectivity index (χ1v) is 6.10. The molecule has 7 heteroatoms. The molecule has 1 aromatic rings. The third-order valence-electron chi connectivity index (χ3n) is 1.85. The van der Waals surface area contributed by atoms with Gasteiger partial charge in [-0.15, -0.1) is 0 Å². The van der Waals surface area contributed by atoms with Gasteiger partial charge in [0.15, 0.2) is 0 Å². The lowest BCUT2D eigenvalue weighted by molar-refractivity contribution is 0.253. The van der Waals surface area contributed by atoms with Gasteiger partial charge in [-0.05, 0) is 24.1 Å². The van der Waals surface area contributed by atoms with Gasteiger partial charge >= 0.3 is 16.2 Å². The van der Waals surface area contributed by atoms with Gasteiger partial charge in [-0.1, -0.05) is 19.1 Å². The van der Waals surface area contributed by atoms with Crippen LogP contribution in [0.1, 0.15) is 12.5 Å². The van der Waals surface area contributed by atoms with Crippen LogP contribution in [-0.4, -0.2) is 14.4 Å². The van der Waals surface area contributed by atoms with Crippen molar-refractivity contribution in [2.75, 3.05) is 4.72 Å². The highest BCUT2D eigenvalue weighted by Gasteiger charge is 2.11. The standard InChI is InChI=1S/C9H13N3O3S/c1-2-7-3-5-8(6-4-7)11-16(14,15)12-9(10)13/h3-6,11H,2H2,1H3,(H3,10,12,13). The summed E-state index contributed by atoms with van der Waals surface area (Å²) in [6.07, 6.45) is 0.868. The SMILES string of the molecule is CCc1ccc(NS(=O)(=O)NC(N)=O)cc1. The van der Waals surface area contributed by atoms with Crippen molar-refractivity contribution in [3.8, 4) is 0 Å². The molecule has 16 heavy (non-hydrogen) atoms. The van der Waals surface area contributed by atoms with Gasteiger partial charge in [-0.2, -0.15) is 8.42 Å². The molecule has 88 valence electrons. The molecule has 0 aliphatic rings. The molecule has 0 unspecified atom stereocenters. The monoisotopic (exact) mass is 243 g/mol. The number of amides is 2. The van der Waals surface area contributed by atoms with Gasteiger partial charge in [0.25, 0.3) is 0 Å². The van der Waals surface area contributed by atoms with E-state index in [0.29, 0.717) is 5.69 Å². The van der Waals surface area contributed by atoms with Crippen LogP contribution in [0.4, 0.5) is 10.5 Å². The fraction of sp³-hybridized carbons (Fsp3) is 0.222. The van der Waals surface area contributed by atoms with E-state index in [1.165, 1.54) is 0 Å². The lowest BCUT2D eigenvalue weighted by Gasteiger charge is -2.07. The summed E-state index contributed by atoms with van der Waals surface area (Å²) < 4.78 is 26.2. The van der Waals surface area contributed by atoms with Gasteiger partial charge in [0.2, 0.25) is 0 Å². The molecular formula is C9H13N3O3S. The summed E-state index contributed by atoms with van der Waals surface area (Å²) in [6.45, 7) is 1.99. The van der Waals surface area contributed by atoms with Crippen molar-refractivity contribution in [1.82, 2.24) is 4.72 Å². The molecule has 0 aliphatic heterocycles. The van der Waals surface area contributed by atoms with E-state index in [2.05, 4.69) is 4.72 Å². The normalized spacial score (nSPS) is 10.8. The van der Waals surface area contributed by atoms with Crippen LogP contribution in [0.2, 0.25) is 0 Å². The number of carbonyl (C=O) groups is 1. The number of primary amides is 1. The highest BCUT2D eigenvalue weighted by molar-refractivity contribution is 7.91. The molecular weight excluding hydrogens is 230 g/mol. The second-order valence-corrected chi connectivity index (χ2v) is 4.54. The van der Waals surface area contributed by atoms with E-state index in [9.17, 15) is 13.2 Å². The van der Waals surface area contributed by atoms with Gasteiger partial charge in [0, 0.05) is 0 Å². The molecule has 0 atom stereocenters. The number of anilines is 1. The third kappa shape index (κ3) is 3.77. The van der Waals surface area contributed by atoms with Crippen LogP contribution in [0.5, 0.6) is 0 Å². The Morgan fingerprint density at radius 2 is 1.88 bits per heavy atom. The van der Waals surface area contributed by atoms with E-state index < -0.39 is 16.2 Å². The van der Waals surface area contributed by atoms with Crippen LogP contribution in [0.25, 0.3) is 0 Å². The van der Waals surface area contributed by atoms with Crippen molar-refractivity contribution in [2.45, 2.75) is 13.3 Å². The van der Waals surface area contributed by atoms with E-state index in [1.807, 2.05) is 6.92 Å². The minimum Gasteiger partial charge on any atom is -0.351 e. The Kier molecular flexibility index (Phi) is 3.73. The largest absolute Gasteiger partial charge is 0.351 e. The predicted molar refractivity (Wildman–Crippen MR) is 61.1 cm³/mol. The number of hydrogen-bond donors (Lipinski definition) is 3. The maximum absolute atomic E-state index is 11.2. The van der Waals surface area contributed by atoms with Crippen LogP contribution in [0.3, 0.4) is 0 Å². The van der Waals surface area contributed by atoms with Crippen LogP contribution in [0.15, 0.2) is 24.3 Å².